The Balaban J connectivity index is 1.73. The topological polar surface area (TPSA) is 88.3 Å². The zero-order valence-electron chi connectivity index (χ0n) is 15.7. The van der Waals surface area contributed by atoms with Crippen molar-refractivity contribution in [1.82, 2.24) is 9.88 Å². The van der Waals surface area contributed by atoms with E-state index in [4.69, 9.17) is 11.6 Å². The number of aromatic amines is 1. The molecule has 0 spiro atoms. The van der Waals surface area contributed by atoms with Crippen molar-refractivity contribution in [3.8, 4) is 0 Å². The van der Waals surface area contributed by atoms with Crippen LogP contribution >= 0.6 is 11.6 Å². The van der Waals surface area contributed by atoms with Crippen LogP contribution in [0.5, 0.6) is 0 Å². The van der Waals surface area contributed by atoms with Crippen LogP contribution in [0, 0.1) is 11.6 Å². The predicted molar refractivity (Wildman–Crippen MR) is 112 cm³/mol. The van der Waals surface area contributed by atoms with E-state index >= 15 is 0 Å². The van der Waals surface area contributed by atoms with Gasteiger partial charge >= 0.3 is 6.03 Å². The standard InChI is InChI=1S/C20H16ClF2N3O3S/c1-26(20(28)24-11-3-5-15(23)14(21)7-11)17-9-30(29)8-16-18(17)12-4-2-10(22)6-13(12)19(27)25-16/h2-7,17H,8-9H2,1H3,(H,24,28)(H,25,27)/t17?,30-/m1/s1. The van der Waals surface area contributed by atoms with Gasteiger partial charge in [0.2, 0.25) is 0 Å². The van der Waals surface area contributed by atoms with E-state index < -0.39 is 40.4 Å². The fourth-order valence-electron chi connectivity index (χ4n) is 3.58. The van der Waals surface area contributed by atoms with E-state index in [1.807, 2.05) is 0 Å². The molecule has 10 heteroatoms. The predicted octanol–water partition coefficient (Wildman–Crippen LogP) is 3.93. The number of nitrogens with one attached hydrogen (secondary N) is 2. The molecule has 2 heterocycles. The molecular weight excluding hydrogens is 436 g/mol. The molecule has 4 rings (SSSR count). The first-order valence-corrected chi connectivity index (χ1v) is 10.8. The van der Waals surface area contributed by atoms with Gasteiger partial charge < -0.3 is 19.8 Å². The number of H-pyrrole nitrogens is 1. The zero-order valence-corrected chi connectivity index (χ0v) is 17.2. The summed E-state index contributed by atoms with van der Waals surface area (Å²) in [5.41, 5.74) is 0.898. The van der Waals surface area contributed by atoms with Gasteiger partial charge in [-0.1, -0.05) is 17.7 Å². The molecule has 6 nitrogen and oxygen atoms in total. The number of halogens is 3. The van der Waals surface area contributed by atoms with E-state index in [2.05, 4.69) is 10.3 Å². The molecule has 1 aliphatic heterocycles. The molecule has 2 amide bonds. The fourth-order valence-corrected chi connectivity index (χ4v) is 5.17. The van der Waals surface area contributed by atoms with Gasteiger partial charge in [0.15, 0.2) is 0 Å². The minimum Gasteiger partial charge on any atom is -0.616 e. The molecule has 0 aliphatic carbocycles. The number of urea groups is 1. The van der Waals surface area contributed by atoms with E-state index in [0.717, 1.165) is 12.1 Å². The van der Waals surface area contributed by atoms with Crippen molar-refractivity contribution < 1.29 is 18.1 Å². The lowest BCUT2D eigenvalue weighted by molar-refractivity contribution is 0.208. The number of anilines is 1. The number of pyridine rings is 1. The molecule has 2 atom stereocenters. The van der Waals surface area contributed by atoms with Crippen LogP contribution in [0.2, 0.25) is 5.02 Å². The van der Waals surface area contributed by atoms with Crippen molar-refractivity contribution in [3.05, 3.63) is 74.7 Å². The van der Waals surface area contributed by atoms with Gasteiger partial charge in [-0.2, -0.15) is 0 Å². The van der Waals surface area contributed by atoms with Crippen LogP contribution in [-0.4, -0.2) is 33.3 Å². The normalized spacial score (nSPS) is 18.2. The highest BCUT2D eigenvalue weighted by atomic mass is 35.5. The fraction of sp³-hybridized carbons (Fsp3) is 0.200. The van der Waals surface area contributed by atoms with Crippen LogP contribution in [0.1, 0.15) is 17.3 Å². The Morgan fingerprint density at radius 2 is 2.03 bits per heavy atom. The van der Waals surface area contributed by atoms with Gasteiger partial charge in [0, 0.05) is 18.3 Å². The largest absolute Gasteiger partial charge is 0.616 e. The molecule has 1 aliphatic rings. The third-order valence-electron chi connectivity index (χ3n) is 5.05. The molecule has 2 aromatic carbocycles. The van der Waals surface area contributed by atoms with Gasteiger partial charge in [-0.15, -0.1) is 0 Å². The summed E-state index contributed by atoms with van der Waals surface area (Å²) < 4.78 is 39.5. The Labute approximate surface area is 178 Å². The van der Waals surface area contributed by atoms with Gasteiger partial charge in [0.1, 0.15) is 29.2 Å². The minimum atomic E-state index is -1.31. The highest BCUT2D eigenvalue weighted by Gasteiger charge is 2.36. The van der Waals surface area contributed by atoms with Crippen LogP contribution in [0.4, 0.5) is 19.3 Å². The van der Waals surface area contributed by atoms with Crippen molar-refractivity contribution in [2.45, 2.75) is 11.8 Å². The Hall–Kier alpha value is -2.62. The molecule has 0 saturated heterocycles. The summed E-state index contributed by atoms with van der Waals surface area (Å²) in [6.07, 6.45) is 0. The number of benzene rings is 2. The van der Waals surface area contributed by atoms with Crippen molar-refractivity contribution in [2.75, 3.05) is 18.1 Å². The average molecular weight is 452 g/mol. The summed E-state index contributed by atoms with van der Waals surface area (Å²) in [4.78, 5) is 29.2. The molecule has 1 unspecified atom stereocenters. The number of nitrogens with zero attached hydrogens (tertiary/aromatic N) is 1. The lowest BCUT2D eigenvalue weighted by Gasteiger charge is -2.34. The third-order valence-corrected chi connectivity index (χ3v) is 6.63. The summed E-state index contributed by atoms with van der Waals surface area (Å²) in [5, 5.41) is 3.15. The first kappa shape index (κ1) is 20.6. The average Bonchev–Trinajstić information content (AvgIpc) is 2.69. The number of amides is 2. The Kier molecular flexibility index (Phi) is 5.44. The monoisotopic (exact) mass is 451 g/mol. The van der Waals surface area contributed by atoms with E-state index in [9.17, 15) is 22.9 Å². The number of hydrogen-bond donors (Lipinski definition) is 2. The van der Waals surface area contributed by atoms with E-state index in [0.29, 0.717) is 22.3 Å². The van der Waals surface area contributed by atoms with Crippen molar-refractivity contribution in [1.29, 1.82) is 0 Å². The van der Waals surface area contributed by atoms with Gasteiger partial charge in [0.05, 0.1) is 16.1 Å². The van der Waals surface area contributed by atoms with Crippen LogP contribution in [0.15, 0.2) is 41.2 Å². The van der Waals surface area contributed by atoms with Crippen molar-refractivity contribution in [3.63, 3.8) is 0 Å². The number of hydrogen-bond acceptors (Lipinski definition) is 3. The van der Waals surface area contributed by atoms with Crippen molar-refractivity contribution >= 4 is 45.3 Å². The second-order valence-corrected chi connectivity index (χ2v) is 8.88. The maximum atomic E-state index is 13.7. The van der Waals surface area contributed by atoms with Crippen LogP contribution in [-0.2, 0) is 16.9 Å². The number of aromatic nitrogens is 1. The Bertz CT molecular complexity index is 1220. The van der Waals surface area contributed by atoms with Gasteiger partial charge in [-0.3, -0.25) is 4.79 Å². The molecule has 3 aromatic rings. The molecule has 1 aromatic heterocycles. The highest BCUT2D eigenvalue weighted by Crippen LogP contribution is 2.35. The van der Waals surface area contributed by atoms with E-state index in [1.54, 1.807) is 0 Å². The van der Waals surface area contributed by atoms with Crippen LogP contribution < -0.4 is 10.9 Å². The third kappa shape index (κ3) is 3.76. The Morgan fingerprint density at radius 1 is 1.27 bits per heavy atom. The van der Waals surface area contributed by atoms with E-state index in [-0.39, 0.29) is 21.9 Å². The molecule has 156 valence electrons. The molecule has 0 bridgehead atoms. The highest BCUT2D eigenvalue weighted by molar-refractivity contribution is 7.90. The van der Waals surface area contributed by atoms with Gasteiger partial charge in [-0.25, -0.2) is 13.6 Å². The lowest BCUT2D eigenvalue weighted by Crippen LogP contribution is -2.41. The molecule has 2 N–H and O–H groups in total. The first-order chi connectivity index (χ1) is 14.2. The SMILES string of the molecule is CN(C(=O)Nc1ccc(F)c(Cl)c1)C1C[S@+]([O-])Cc2[nH]c(=O)c3cc(F)ccc3c21. The molecular formula is C20H16ClF2N3O3S. The summed E-state index contributed by atoms with van der Waals surface area (Å²) in [5.74, 6) is -0.873. The molecule has 30 heavy (non-hydrogen) atoms. The second-order valence-electron chi connectivity index (χ2n) is 6.97. The van der Waals surface area contributed by atoms with Crippen LogP contribution in [0.3, 0.4) is 0 Å². The number of carbonyl (C=O) groups is 1. The molecule has 0 saturated carbocycles. The number of carbonyl (C=O) groups excluding carboxylic acids is 1. The quantitative estimate of drug-likeness (QED) is 0.579. The van der Waals surface area contributed by atoms with E-state index in [1.165, 1.54) is 36.2 Å². The minimum absolute atomic E-state index is 0.134. The molecule has 0 radical (unpaired) electrons. The van der Waals surface area contributed by atoms with Crippen molar-refractivity contribution in [2.24, 2.45) is 0 Å². The summed E-state index contributed by atoms with van der Waals surface area (Å²) >= 11 is 4.45. The summed E-state index contributed by atoms with van der Waals surface area (Å²) in [6, 6.07) is 6.50. The lowest BCUT2D eigenvalue weighted by atomic mass is 9.97. The van der Waals surface area contributed by atoms with Crippen LogP contribution in [0.25, 0.3) is 10.8 Å². The smallest absolute Gasteiger partial charge is 0.322 e. The van der Waals surface area contributed by atoms with Gasteiger partial charge in [-0.05, 0) is 46.9 Å². The maximum absolute atomic E-state index is 13.7. The summed E-state index contributed by atoms with van der Waals surface area (Å²) in [6.45, 7) is 0. The summed E-state index contributed by atoms with van der Waals surface area (Å²) in [7, 11) is 1.53. The maximum Gasteiger partial charge on any atom is 0.322 e. The number of rotatable bonds is 2. The molecule has 0 fully saturated rings. The number of fused-ring (bicyclic) bond motifs is 3. The second kappa shape index (κ2) is 7.90. The Morgan fingerprint density at radius 3 is 2.77 bits per heavy atom. The zero-order chi connectivity index (χ0) is 21.6. The first-order valence-electron chi connectivity index (χ1n) is 8.92. The van der Waals surface area contributed by atoms with Gasteiger partial charge in [0.25, 0.3) is 5.56 Å².